The Morgan fingerprint density at radius 1 is 1.32 bits per heavy atom. The van der Waals surface area contributed by atoms with E-state index in [1.54, 1.807) is 4.90 Å². The van der Waals surface area contributed by atoms with Gasteiger partial charge in [0.05, 0.1) is 5.92 Å². The van der Waals surface area contributed by atoms with Gasteiger partial charge < -0.3 is 19.9 Å². The number of carbonyl (C=O) groups is 2. The van der Waals surface area contributed by atoms with Crippen LogP contribution in [0.2, 0.25) is 0 Å². The van der Waals surface area contributed by atoms with Crippen LogP contribution < -0.4 is 5.73 Å². The number of benzene rings is 1. The summed E-state index contributed by atoms with van der Waals surface area (Å²) >= 11 is 3.55. The Morgan fingerprint density at radius 2 is 2.03 bits per heavy atom. The first-order chi connectivity index (χ1) is 16.1. The minimum absolute atomic E-state index is 0.00862. The number of rotatable bonds is 5. The quantitative estimate of drug-likeness (QED) is 0.609. The molecule has 1 aliphatic heterocycles. The summed E-state index contributed by atoms with van der Waals surface area (Å²) < 4.78 is 8.60. The van der Waals surface area contributed by atoms with Crippen molar-refractivity contribution >= 4 is 38.5 Å². The van der Waals surface area contributed by atoms with E-state index in [1.807, 2.05) is 56.7 Å². The van der Waals surface area contributed by atoms with Crippen LogP contribution in [0, 0.1) is 16.7 Å². The van der Waals surface area contributed by atoms with Crippen LogP contribution in [0.5, 0.6) is 0 Å². The molecule has 178 valence electrons. The van der Waals surface area contributed by atoms with Crippen LogP contribution in [0.1, 0.15) is 52.0 Å². The second-order valence-corrected chi connectivity index (χ2v) is 10.6. The minimum Gasteiger partial charge on any atom is -0.444 e. The van der Waals surface area contributed by atoms with Crippen LogP contribution in [0.4, 0.5) is 0 Å². The summed E-state index contributed by atoms with van der Waals surface area (Å²) in [4.78, 5) is 28.1. The molecule has 1 amide bonds. The van der Waals surface area contributed by atoms with Gasteiger partial charge >= 0.3 is 0 Å². The first-order valence-corrected chi connectivity index (χ1v) is 12.3. The number of hydrogen-bond donors (Lipinski definition) is 1. The van der Waals surface area contributed by atoms with Crippen LogP contribution in [0.25, 0.3) is 10.9 Å². The van der Waals surface area contributed by atoms with Gasteiger partial charge in [0.25, 0.3) is 0 Å². The molecule has 1 atom stereocenters. The number of nitrogens with two attached hydrogens (primary N) is 1. The Bertz CT molecular complexity index is 1290. The van der Waals surface area contributed by atoms with Gasteiger partial charge in [0, 0.05) is 53.1 Å². The van der Waals surface area contributed by atoms with E-state index in [4.69, 9.17) is 10.5 Å². The molecule has 34 heavy (non-hydrogen) atoms. The maximum Gasteiger partial charge on any atom is 0.242 e. The van der Waals surface area contributed by atoms with Gasteiger partial charge in [-0.3, -0.25) is 9.59 Å². The van der Waals surface area contributed by atoms with Crippen molar-refractivity contribution in [3.8, 4) is 6.07 Å². The smallest absolute Gasteiger partial charge is 0.242 e. The molecule has 2 aromatic rings. The van der Waals surface area contributed by atoms with E-state index in [1.165, 1.54) is 0 Å². The SMILES string of the molecule is CCN(CC)C(=O)Cn1cc(C2C(C#N)=C(N)OC3=C2C(=O)CC(C)(C)C3)c2cc(Br)ccc21. The van der Waals surface area contributed by atoms with Crippen molar-refractivity contribution in [2.45, 2.75) is 53.0 Å². The Kier molecular flexibility index (Phi) is 6.34. The third-order valence-electron chi connectivity index (χ3n) is 6.68. The van der Waals surface area contributed by atoms with Gasteiger partial charge in [-0.05, 0) is 43.0 Å². The van der Waals surface area contributed by atoms with E-state index in [0.29, 0.717) is 37.3 Å². The standard InChI is InChI=1S/C26H29BrN4O3/c1-5-30(6-2)22(33)14-31-13-18(16-9-15(27)7-8-19(16)31)23-17(12-28)25(29)34-21-11-26(3,4)10-20(32)24(21)23/h7-9,13,23H,5-6,10-11,14,29H2,1-4H3. The molecule has 0 saturated carbocycles. The average Bonchev–Trinajstić information content (AvgIpc) is 3.09. The number of Topliss-reactive ketones (excluding diaryl/α,β-unsaturated/α-hetero) is 1. The molecule has 2 heterocycles. The molecular formula is C26H29BrN4O3. The molecule has 1 aromatic carbocycles. The summed E-state index contributed by atoms with van der Waals surface area (Å²) in [6.45, 7) is 9.38. The fourth-order valence-electron chi connectivity index (χ4n) is 5.08. The molecule has 8 heteroatoms. The second-order valence-electron chi connectivity index (χ2n) is 9.64. The van der Waals surface area contributed by atoms with Crippen molar-refractivity contribution in [2.24, 2.45) is 11.1 Å². The largest absolute Gasteiger partial charge is 0.444 e. The number of likely N-dealkylation sites (N-methyl/N-ethyl adjacent to an activating group) is 1. The van der Waals surface area contributed by atoms with Gasteiger partial charge in [0.15, 0.2) is 5.78 Å². The van der Waals surface area contributed by atoms with E-state index in [9.17, 15) is 14.9 Å². The van der Waals surface area contributed by atoms with E-state index in [0.717, 1.165) is 20.9 Å². The number of amides is 1. The zero-order valence-electron chi connectivity index (χ0n) is 19.9. The highest BCUT2D eigenvalue weighted by Crippen LogP contribution is 2.49. The van der Waals surface area contributed by atoms with Crippen LogP contribution >= 0.6 is 15.9 Å². The molecule has 1 unspecified atom stereocenters. The monoisotopic (exact) mass is 524 g/mol. The lowest BCUT2D eigenvalue weighted by molar-refractivity contribution is -0.131. The highest BCUT2D eigenvalue weighted by Gasteiger charge is 2.43. The summed E-state index contributed by atoms with van der Waals surface area (Å²) in [6.07, 6.45) is 2.82. The average molecular weight is 525 g/mol. The molecule has 7 nitrogen and oxygen atoms in total. The lowest BCUT2D eigenvalue weighted by Gasteiger charge is -2.37. The number of aromatic nitrogens is 1. The van der Waals surface area contributed by atoms with E-state index in [2.05, 4.69) is 22.0 Å². The minimum atomic E-state index is -0.640. The molecular weight excluding hydrogens is 496 g/mol. The third-order valence-corrected chi connectivity index (χ3v) is 7.18. The first kappa shape index (κ1) is 24.1. The molecule has 4 rings (SSSR count). The summed E-state index contributed by atoms with van der Waals surface area (Å²) in [5.41, 5.74) is 8.30. The topological polar surface area (TPSA) is 101 Å². The Morgan fingerprint density at radius 3 is 2.68 bits per heavy atom. The molecule has 0 spiro atoms. The lowest BCUT2D eigenvalue weighted by atomic mass is 9.70. The normalized spacial score (nSPS) is 19.6. The number of hydrogen-bond acceptors (Lipinski definition) is 5. The summed E-state index contributed by atoms with van der Waals surface area (Å²) in [7, 11) is 0. The van der Waals surface area contributed by atoms with Crippen molar-refractivity contribution in [1.82, 2.24) is 9.47 Å². The van der Waals surface area contributed by atoms with E-state index < -0.39 is 5.92 Å². The molecule has 0 saturated heterocycles. The number of carbonyl (C=O) groups excluding carboxylic acids is 2. The van der Waals surface area contributed by atoms with E-state index >= 15 is 0 Å². The van der Waals surface area contributed by atoms with Gasteiger partial charge in [-0.25, -0.2) is 0 Å². The fourth-order valence-corrected chi connectivity index (χ4v) is 5.44. The molecule has 1 aromatic heterocycles. The number of nitrogens with zero attached hydrogens (tertiary/aromatic N) is 3. The number of allylic oxidation sites excluding steroid dienone is 3. The second kappa shape index (κ2) is 8.95. The molecule has 0 radical (unpaired) electrons. The third kappa shape index (κ3) is 4.14. The van der Waals surface area contributed by atoms with Crippen LogP contribution in [0.3, 0.4) is 0 Å². The fraction of sp³-hybridized carbons (Fsp3) is 0.423. The number of ketones is 1. The highest BCUT2D eigenvalue weighted by atomic mass is 79.9. The van der Waals surface area contributed by atoms with Gasteiger partial charge in [-0.1, -0.05) is 29.8 Å². The van der Waals surface area contributed by atoms with Gasteiger partial charge in [-0.15, -0.1) is 0 Å². The number of fused-ring (bicyclic) bond motifs is 1. The summed E-state index contributed by atoms with van der Waals surface area (Å²) in [6, 6.07) is 8.01. The Labute approximate surface area is 208 Å². The lowest BCUT2D eigenvalue weighted by Crippen LogP contribution is -2.33. The van der Waals surface area contributed by atoms with Crippen molar-refractivity contribution in [3.05, 3.63) is 57.2 Å². The Hall–Kier alpha value is -3.05. The molecule has 2 aliphatic rings. The number of nitriles is 1. The number of halogens is 1. The zero-order chi connectivity index (χ0) is 24.8. The molecule has 0 bridgehead atoms. The molecule has 2 N–H and O–H groups in total. The highest BCUT2D eigenvalue weighted by molar-refractivity contribution is 9.10. The molecule has 0 fully saturated rings. The summed E-state index contributed by atoms with van der Waals surface area (Å²) in [5.74, 6) is -0.0930. The van der Waals surface area contributed by atoms with Crippen LogP contribution in [0.15, 0.2) is 51.7 Å². The van der Waals surface area contributed by atoms with E-state index in [-0.39, 0.29) is 35.1 Å². The first-order valence-electron chi connectivity index (χ1n) is 11.5. The van der Waals surface area contributed by atoms with Crippen molar-refractivity contribution in [2.75, 3.05) is 13.1 Å². The van der Waals surface area contributed by atoms with Crippen LogP contribution in [-0.2, 0) is 20.9 Å². The Balaban J connectivity index is 1.92. The van der Waals surface area contributed by atoms with Crippen molar-refractivity contribution in [1.29, 1.82) is 5.26 Å². The molecule has 1 aliphatic carbocycles. The predicted molar refractivity (Wildman–Crippen MR) is 133 cm³/mol. The number of ether oxygens (including phenoxy) is 1. The van der Waals surface area contributed by atoms with Crippen molar-refractivity contribution in [3.63, 3.8) is 0 Å². The zero-order valence-corrected chi connectivity index (χ0v) is 21.5. The van der Waals surface area contributed by atoms with Gasteiger partial charge in [-0.2, -0.15) is 5.26 Å². The summed E-state index contributed by atoms with van der Waals surface area (Å²) in [5, 5.41) is 10.9. The maximum absolute atomic E-state index is 13.4. The predicted octanol–water partition coefficient (Wildman–Crippen LogP) is 4.72. The van der Waals surface area contributed by atoms with Crippen LogP contribution in [-0.4, -0.2) is 34.2 Å². The van der Waals surface area contributed by atoms with Gasteiger partial charge in [0.1, 0.15) is 23.9 Å². The maximum atomic E-state index is 13.4. The van der Waals surface area contributed by atoms with Gasteiger partial charge in [0.2, 0.25) is 11.8 Å². The van der Waals surface area contributed by atoms with Crippen molar-refractivity contribution < 1.29 is 14.3 Å².